The van der Waals surface area contributed by atoms with Gasteiger partial charge in [0.1, 0.15) is 11.9 Å². The van der Waals surface area contributed by atoms with Crippen LogP contribution in [0.4, 0.5) is 0 Å². The number of hydrogen-bond donors (Lipinski definition) is 1. The van der Waals surface area contributed by atoms with E-state index < -0.39 is 0 Å². The van der Waals surface area contributed by atoms with Crippen LogP contribution in [0.2, 0.25) is 0 Å². The molecular formula is C12H19NO2. The Hall–Kier alpha value is -0.800. The van der Waals surface area contributed by atoms with Gasteiger partial charge in [-0.05, 0) is 50.9 Å². The third kappa shape index (κ3) is 3.08. The predicted molar refractivity (Wildman–Crippen MR) is 58.7 cm³/mol. The molecule has 84 valence electrons. The fourth-order valence-corrected chi connectivity index (χ4v) is 1.93. The topological polar surface area (TPSA) is 34.4 Å². The zero-order valence-corrected chi connectivity index (χ0v) is 9.24. The maximum absolute atomic E-state index is 5.80. The van der Waals surface area contributed by atoms with Gasteiger partial charge < -0.3 is 14.5 Å². The van der Waals surface area contributed by atoms with E-state index in [1.54, 1.807) is 6.26 Å². The Morgan fingerprint density at radius 1 is 1.53 bits per heavy atom. The molecular weight excluding hydrogens is 190 g/mol. The lowest BCUT2D eigenvalue weighted by atomic mass is 9.99. The van der Waals surface area contributed by atoms with Gasteiger partial charge in [-0.3, -0.25) is 0 Å². The lowest BCUT2D eigenvalue weighted by Crippen LogP contribution is -2.30. The van der Waals surface area contributed by atoms with Crippen molar-refractivity contribution in [3.8, 4) is 0 Å². The molecule has 3 heteroatoms. The third-order valence-electron chi connectivity index (χ3n) is 2.98. The molecule has 1 fully saturated rings. The summed E-state index contributed by atoms with van der Waals surface area (Å²) >= 11 is 0. The summed E-state index contributed by atoms with van der Waals surface area (Å²) in [6, 6.07) is 3.87. The monoisotopic (exact) mass is 209 g/mol. The van der Waals surface area contributed by atoms with E-state index in [9.17, 15) is 0 Å². The summed E-state index contributed by atoms with van der Waals surface area (Å²) in [6.07, 6.45) is 4.23. The van der Waals surface area contributed by atoms with Crippen LogP contribution in [0, 0.1) is 5.92 Å². The number of piperidine rings is 1. The first-order valence-electron chi connectivity index (χ1n) is 5.72. The molecule has 3 nitrogen and oxygen atoms in total. The van der Waals surface area contributed by atoms with Crippen LogP contribution in [0.1, 0.15) is 31.6 Å². The number of hydrogen-bond acceptors (Lipinski definition) is 3. The molecule has 1 atom stereocenters. The summed E-state index contributed by atoms with van der Waals surface area (Å²) in [6.45, 7) is 5.15. The van der Waals surface area contributed by atoms with Crippen molar-refractivity contribution in [1.82, 2.24) is 5.32 Å². The Balaban J connectivity index is 1.73. The summed E-state index contributed by atoms with van der Waals surface area (Å²) in [5, 5.41) is 3.36. The Labute approximate surface area is 90.8 Å². The number of ether oxygens (including phenoxy) is 1. The minimum absolute atomic E-state index is 0.0786. The van der Waals surface area contributed by atoms with E-state index in [4.69, 9.17) is 9.15 Å². The molecule has 0 spiro atoms. The second kappa shape index (κ2) is 5.33. The lowest BCUT2D eigenvalue weighted by molar-refractivity contribution is 0.0202. The molecule has 15 heavy (non-hydrogen) atoms. The van der Waals surface area contributed by atoms with Crippen LogP contribution in [-0.4, -0.2) is 19.7 Å². The second-order valence-corrected chi connectivity index (χ2v) is 4.18. The van der Waals surface area contributed by atoms with Crippen LogP contribution in [0.15, 0.2) is 22.8 Å². The van der Waals surface area contributed by atoms with Crippen LogP contribution in [0.3, 0.4) is 0 Å². The maximum atomic E-state index is 5.80. The number of rotatable bonds is 4. The van der Waals surface area contributed by atoms with Gasteiger partial charge in [0.05, 0.1) is 12.9 Å². The van der Waals surface area contributed by atoms with Crippen LogP contribution in [0.5, 0.6) is 0 Å². The first-order chi connectivity index (χ1) is 7.36. The van der Waals surface area contributed by atoms with Gasteiger partial charge >= 0.3 is 0 Å². The summed E-state index contributed by atoms with van der Waals surface area (Å²) in [4.78, 5) is 0. The normalized spacial score (nSPS) is 20.3. The van der Waals surface area contributed by atoms with Crippen molar-refractivity contribution in [3.63, 3.8) is 0 Å². The highest BCUT2D eigenvalue weighted by Crippen LogP contribution is 2.20. The minimum Gasteiger partial charge on any atom is -0.467 e. The molecule has 1 aromatic heterocycles. The first-order valence-corrected chi connectivity index (χ1v) is 5.72. The standard InChI is InChI=1S/C12H19NO2/c1-10(12-3-2-8-14-12)15-9-11-4-6-13-7-5-11/h2-3,8,10-11,13H,4-7,9H2,1H3/t10-/m1/s1. The SMILES string of the molecule is C[C@@H](OCC1CCNCC1)c1ccco1. The largest absolute Gasteiger partial charge is 0.467 e. The molecule has 0 amide bonds. The van der Waals surface area contributed by atoms with Gasteiger partial charge in [0.25, 0.3) is 0 Å². The molecule has 0 radical (unpaired) electrons. The smallest absolute Gasteiger partial charge is 0.132 e. The summed E-state index contributed by atoms with van der Waals surface area (Å²) < 4.78 is 11.1. The molecule has 1 aromatic rings. The van der Waals surface area contributed by atoms with E-state index in [2.05, 4.69) is 5.32 Å². The van der Waals surface area contributed by atoms with E-state index in [0.717, 1.165) is 25.5 Å². The van der Waals surface area contributed by atoms with Gasteiger partial charge in [-0.25, -0.2) is 0 Å². The van der Waals surface area contributed by atoms with Crippen LogP contribution >= 0.6 is 0 Å². The van der Waals surface area contributed by atoms with E-state index >= 15 is 0 Å². The maximum Gasteiger partial charge on any atom is 0.132 e. The van der Waals surface area contributed by atoms with Crippen molar-refractivity contribution < 1.29 is 9.15 Å². The van der Waals surface area contributed by atoms with Crippen molar-refractivity contribution in [1.29, 1.82) is 0 Å². The summed E-state index contributed by atoms with van der Waals surface area (Å²) in [7, 11) is 0. The van der Waals surface area contributed by atoms with E-state index in [0.29, 0.717) is 5.92 Å². The lowest BCUT2D eigenvalue weighted by Gasteiger charge is -2.23. The minimum atomic E-state index is 0.0786. The molecule has 0 saturated carbocycles. The molecule has 0 bridgehead atoms. The quantitative estimate of drug-likeness (QED) is 0.826. The average Bonchev–Trinajstić information content (AvgIpc) is 2.81. The fraction of sp³-hybridized carbons (Fsp3) is 0.667. The van der Waals surface area contributed by atoms with Crippen LogP contribution in [0.25, 0.3) is 0 Å². The molecule has 2 heterocycles. The van der Waals surface area contributed by atoms with Gasteiger partial charge in [0, 0.05) is 0 Å². The predicted octanol–water partition coefficient (Wildman–Crippen LogP) is 2.36. The zero-order valence-electron chi connectivity index (χ0n) is 9.24. The Kier molecular flexibility index (Phi) is 3.80. The van der Waals surface area contributed by atoms with Gasteiger partial charge in [0.15, 0.2) is 0 Å². The van der Waals surface area contributed by atoms with Gasteiger partial charge in [-0.2, -0.15) is 0 Å². The molecule has 0 aromatic carbocycles. The molecule has 2 rings (SSSR count). The first kappa shape index (κ1) is 10.7. The van der Waals surface area contributed by atoms with Gasteiger partial charge in [-0.1, -0.05) is 0 Å². The Morgan fingerprint density at radius 3 is 3.00 bits per heavy atom. The fourth-order valence-electron chi connectivity index (χ4n) is 1.93. The Bertz CT molecular complexity index is 265. The highest BCUT2D eigenvalue weighted by Gasteiger charge is 2.15. The van der Waals surface area contributed by atoms with E-state index in [1.807, 2.05) is 19.1 Å². The molecule has 0 aliphatic carbocycles. The molecule has 1 aliphatic rings. The highest BCUT2D eigenvalue weighted by atomic mass is 16.5. The summed E-state index contributed by atoms with van der Waals surface area (Å²) in [5.41, 5.74) is 0. The zero-order chi connectivity index (χ0) is 10.5. The number of nitrogens with one attached hydrogen (secondary N) is 1. The molecule has 0 unspecified atom stereocenters. The van der Waals surface area contributed by atoms with Crippen molar-refractivity contribution in [2.45, 2.75) is 25.9 Å². The highest BCUT2D eigenvalue weighted by molar-refractivity contribution is 5.00. The summed E-state index contributed by atoms with van der Waals surface area (Å²) in [5.74, 6) is 1.63. The molecule has 1 aliphatic heterocycles. The number of furan rings is 1. The van der Waals surface area contributed by atoms with E-state index in [-0.39, 0.29) is 6.10 Å². The average molecular weight is 209 g/mol. The van der Waals surface area contributed by atoms with Crippen LogP contribution in [-0.2, 0) is 4.74 Å². The van der Waals surface area contributed by atoms with Crippen molar-refractivity contribution >= 4 is 0 Å². The van der Waals surface area contributed by atoms with Crippen molar-refractivity contribution in [2.24, 2.45) is 5.92 Å². The second-order valence-electron chi connectivity index (χ2n) is 4.18. The van der Waals surface area contributed by atoms with Gasteiger partial charge in [0.2, 0.25) is 0 Å². The van der Waals surface area contributed by atoms with Crippen molar-refractivity contribution in [3.05, 3.63) is 24.2 Å². The molecule has 1 N–H and O–H groups in total. The van der Waals surface area contributed by atoms with Crippen molar-refractivity contribution in [2.75, 3.05) is 19.7 Å². The van der Waals surface area contributed by atoms with Crippen LogP contribution < -0.4 is 5.32 Å². The molecule has 1 saturated heterocycles. The van der Waals surface area contributed by atoms with E-state index in [1.165, 1.54) is 12.8 Å². The Morgan fingerprint density at radius 2 is 2.33 bits per heavy atom. The third-order valence-corrected chi connectivity index (χ3v) is 2.98. The van der Waals surface area contributed by atoms with Gasteiger partial charge in [-0.15, -0.1) is 0 Å².